The highest BCUT2D eigenvalue weighted by atomic mass is 16.3. The number of H-pyrrole nitrogens is 1. The number of aliphatic imine (C=N–C) groups is 1. The number of hydrogen-bond acceptors (Lipinski definition) is 3. The van der Waals surface area contributed by atoms with E-state index in [1.807, 2.05) is 24.3 Å². The molecule has 0 radical (unpaired) electrons. The van der Waals surface area contributed by atoms with Gasteiger partial charge in [-0.3, -0.25) is 9.79 Å². The monoisotopic (exact) mass is 395 g/mol. The second kappa shape index (κ2) is 6.73. The summed E-state index contributed by atoms with van der Waals surface area (Å²) in [6, 6.07) is 16.5. The predicted molar refractivity (Wildman–Crippen MR) is 117 cm³/mol. The first kappa shape index (κ1) is 17.3. The van der Waals surface area contributed by atoms with E-state index in [1.54, 1.807) is 6.26 Å². The molecule has 0 fully saturated rings. The Morgan fingerprint density at radius 1 is 1.03 bits per heavy atom. The number of fused-ring (bicyclic) bond motifs is 4. The van der Waals surface area contributed by atoms with Gasteiger partial charge in [0.05, 0.1) is 24.2 Å². The zero-order valence-corrected chi connectivity index (χ0v) is 16.5. The quantitative estimate of drug-likeness (QED) is 0.513. The molecule has 0 spiro atoms. The lowest BCUT2D eigenvalue weighted by atomic mass is 9.92. The van der Waals surface area contributed by atoms with Crippen LogP contribution in [-0.2, 0) is 19.5 Å². The maximum Gasteiger partial charge on any atom is 0.251 e. The molecule has 2 N–H and O–H groups in total. The van der Waals surface area contributed by atoms with Gasteiger partial charge in [-0.2, -0.15) is 0 Å². The van der Waals surface area contributed by atoms with Crippen molar-refractivity contribution in [3.63, 3.8) is 0 Å². The maximum absolute atomic E-state index is 11.8. The van der Waals surface area contributed by atoms with Crippen LogP contribution in [0.3, 0.4) is 0 Å². The van der Waals surface area contributed by atoms with Gasteiger partial charge in [0.15, 0.2) is 0 Å². The summed E-state index contributed by atoms with van der Waals surface area (Å²) in [4.78, 5) is 20.3. The molecule has 6 rings (SSSR count). The number of furan rings is 1. The summed E-state index contributed by atoms with van der Waals surface area (Å²) >= 11 is 0. The minimum absolute atomic E-state index is 0.0214. The van der Waals surface area contributed by atoms with E-state index in [2.05, 4.69) is 34.6 Å². The molecule has 2 aromatic carbocycles. The smallest absolute Gasteiger partial charge is 0.251 e. The molecule has 1 aliphatic carbocycles. The fourth-order valence-corrected chi connectivity index (χ4v) is 4.64. The van der Waals surface area contributed by atoms with E-state index >= 15 is 0 Å². The number of carbonyl (C=O) groups excluding carboxylic acids is 1. The van der Waals surface area contributed by atoms with E-state index in [4.69, 9.17) is 9.41 Å². The minimum atomic E-state index is 0.0214. The Hall–Kier alpha value is -3.60. The molecule has 2 aromatic heterocycles. The lowest BCUT2D eigenvalue weighted by Gasteiger charge is -2.14. The van der Waals surface area contributed by atoms with Crippen LogP contribution in [0.25, 0.3) is 22.0 Å². The van der Waals surface area contributed by atoms with E-state index in [0.717, 1.165) is 52.9 Å². The maximum atomic E-state index is 11.8. The van der Waals surface area contributed by atoms with Crippen LogP contribution in [0.4, 0.5) is 0 Å². The zero-order valence-electron chi connectivity index (χ0n) is 16.5. The molecule has 0 bridgehead atoms. The van der Waals surface area contributed by atoms with Crippen molar-refractivity contribution in [1.29, 1.82) is 0 Å². The number of hydrogen-bond donors (Lipinski definition) is 2. The Balaban J connectivity index is 1.40. The van der Waals surface area contributed by atoms with Crippen molar-refractivity contribution < 1.29 is 9.21 Å². The normalized spacial score (nSPS) is 16.7. The van der Waals surface area contributed by atoms with Crippen molar-refractivity contribution in [1.82, 2.24) is 10.3 Å². The second-order valence-electron chi connectivity index (χ2n) is 7.99. The summed E-state index contributed by atoms with van der Waals surface area (Å²) in [5.41, 5.74) is 8.98. The van der Waals surface area contributed by atoms with Gasteiger partial charge in [0.25, 0.3) is 5.91 Å². The van der Waals surface area contributed by atoms with Gasteiger partial charge >= 0.3 is 0 Å². The Labute approximate surface area is 173 Å². The lowest BCUT2D eigenvalue weighted by Crippen LogP contribution is -2.12. The van der Waals surface area contributed by atoms with Crippen LogP contribution in [-0.4, -0.2) is 16.6 Å². The summed E-state index contributed by atoms with van der Waals surface area (Å²) < 4.78 is 5.43. The van der Waals surface area contributed by atoms with Crippen LogP contribution in [0.1, 0.15) is 45.8 Å². The predicted octanol–water partition coefficient (Wildman–Crippen LogP) is 5.00. The van der Waals surface area contributed by atoms with Crippen molar-refractivity contribution in [2.45, 2.75) is 32.4 Å². The molecular weight excluding hydrogens is 374 g/mol. The van der Waals surface area contributed by atoms with E-state index in [1.165, 1.54) is 22.2 Å². The Bertz CT molecular complexity index is 1310. The van der Waals surface area contributed by atoms with Crippen LogP contribution in [0.5, 0.6) is 0 Å². The Morgan fingerprint density at radius 3 is 2.83 bits per heavy atom. The minimum Gasteiger partial charge on any atom is -0.467 e. The number of aromatic nitrogens is 1. The second-order valence-corrected chi connectivity index (χ2v) is 7.99. The third-order valence-electron chi connectivity index (χ3n) is 6.16. The van der Waals surface area contributed by atoms with E-state index < -0.39 is 0 Å². The summed E-state index contributed by atoms with van der Waals surface area (Å²) in [6.45, 7) is 1.18. The molecule has 1 amide bonds. The van der Waals surface area contributed by atoms with Gasteiger partial charge in [0.2, 0.25) is 0 Å². The van der Waals surface area contributed by atoms with E-state index in [-0.39, 0.29) is 5.91 Å². The SMILES string of the molecule is O=C1NCc2cc(-c3ccc4[nH]c5c(c4c3)CCCC5=NCc3ccco3)ccc21. The summed E-state index contributed by atoms with van der Waals surface area (Å²) in [7, 11) is 0. The number of rotatable bonds is 3. The molecule has 0 saturated heterocycles. The van der Waals surface area contributed by atoms with Crippen LogP contribution in [0, 0.1) is 0 Å². The van der Waals surface area contributed by atoms with E-state index in [9.17, 15) is 4.79 Å². The topological polar surface area (TPSA) is 70.4 Å². The molecule has 0 unspecified atom stereocenters. The van der Waals surface area contributed by atoms with Gasteiger partial charge in [-0.15, -0.1) is 0 Å². The molecule has 1 aliphatic heterocycles. The molecule has 30 heavy (non-hydrogen) atoms. The molecule has 3 heterocycles. The van der Waals surface area contributed by atoms with Crippen molar-refractivity contribution >= 4 is 22.5 Å². The van der Waals surface area contributed by atoms with Crippen LogP contribution in [0.2, 0.25) is 0 Å². The van der Waals surface area contributed by atoms with Gasteiger partial charge in [0.1, 0.15) is 5.76 Å². The third kappa shape index (κ3) is 2.77. The third-order valence-corrected chi connectivity index (χ3v) is 6.16. The van der Waals surface area contributed by atoms with Gasteiger partial charge in [0, 0.05) is 23.0 Å². The molecule has 148 valence electrons. The van der Waals surface area contributed by atoms with Gasteiger partial charge in [-0.05, 0) is 77.9 Å². The number of aromatic amines is 1. The highest BCUT2D eigenvalue weighted by Crippen LogP contribution is 2.33. The van der Waals surface area contributed by atoms with Crippen LogP contribution in [0.15, 0.2) is 64.2 Å². The van der Waals surface area contributed by atoms with Gasteiger partial charge in [-0.25, -0.2) is 0 Å². The van der Waals surface area contributed by atoms with Crippen LogP contribution < -0.4 is 5.32 Å². The average molecular weight is 395 g/mol. The molecule has 5 heteroatoms. The first-order valence-corrected chi connectivity index (χ1v) is 10.4. The number of aryl methyl sites for hydroxylation is 1. The Morgan fingerprint density at radius 2 is 1.93 bits per heavy atom. The Kier molecular flexibility index (Phi) is 3.88. The number of nitrogens with one attached hydrogen (secondary N) is 2. The highest BCUT2D eigenvalue weighted by molar-refractivity contribution is 6.07. The lowest BCUT2D eigenvalue weighted by molar-refractivity contribution is 0.0966. The van der Waals surface area contributed by atoms with Crippen molar-refractivity contribution in [2.75, 3.05) is 0 Å². The number of amides is 1. The fraction of sp³-hybridized carbons (Fsp3) is 0.200. The largest absolute Gasteiger partial charge is 0.467 e. The number of nitrogens with zero attached hydrogens (tertiary/aromatic N) is 1. The van der Waals surface area contributed by atoms with Crippen molar-refractivity contribution in [3.05, 3.63) is 82.9 Å². The molecule has 0 saturated carbocycles. The molecule has 2 aliphatic rings. The number of carbonyl (C=O) groups is 1. The van der Waals surface area contributed by atoms with Gasteiger partial charge in [-0.1, -0.05) is 12.1 Å². The fourth-order valence-electron chi connectivity index (χ4n) is 4.64. The first-order valence-electron chi connectivity index (χ1n) is 10.4. The molecular formula is C25H21N3O2. The van der Waals surface area contributed by atoms with Crippen LogP contribution >= 0.6 is 0 Å². The number of benzene rings is 2. The average Bonchev–Trinajstić information content (AvgIpc) is 3.51. The first-order chi connectivity index (χ1) is 14.8. The molecule has 0 atom stereocenters. The van der Waals surface area contributed by atoms with Crippen molar-refractivity contribution in [2.24, 2.45) is 4.99 Å². The van der Waals surface area contributed by atoms with Crippen molar-refractivity contribution in [3.8, 4) is 11.1 Å². The van der Waals surface area contributed by atoms with E-state index in [0.29, 0.717) is 13.1 Å². The van der Waals surface area contributed by atoms with Gasteiger partial charge < -0.3 is 14.7 Å². The summed E-state index contributed by atoms with van der Waals surface area (Å²) in [6.07, 6.45) is 4.84. The zero-order chi connectivity index (χ0) is 20.1. The molecule has 4 aromatic rings. The molecule has 5 nitrogen and oxygen atoms in total. The summed E-state index contributed by atoms with van der Waals surface area (Å²) in [5.74, 6) is 0.908. The standard InChI is InChI=1S/C25H21N3O2/c29-25-19-8-6-15(11-17(19)13-27-25)16-7-9-22-21(12-16)20-4-1-5-23(24(20)28-22)26-14-18-3-2-10-30-18/h2-3,6-12,28H,1,4-5,13-14H2,(H,27,29). The highest BCUT2D eigenvalue weighted by Gasteiger charge is 2.22. The summed E-state index contributed by atoms with van der Waals surface area (Å²) in [5, 5.41) is 4.16.